The first kappa shape index (κ1) is 26.2. The van der Waals surface area contributed by atoms with Gasteiger partial charge in [0.2, 0.25) is 0 Å². The average Bonchev–Trinajstić information content (AvgIpc) is 2.64. The molecule has 0 bridgehead atoms. The van der Waals surface area contributed by atoms with Crippen LogP contribution in [-0.4, -0.2) is 47.8 Å². The molecule has 0 unspecified atom stereocenters. The molecule has 1 amide bonds. The van der Waals surface area contributed by atoms with Crippen LogP contribution in [0.1, 0.15) is 117 Å². The normalized spacial score (nSPS) is 11.3. The Labute approximate surface area is 169 Å². The predicted molar refractivity (Wildman–Crippen MR) is 117 cm³/mol. The van der Waals surface area contributed by atoms with Crippen molar-refractivity contribution in [2.45, 2.75) is 117 Å². The largest absolute Gasteiger partial charge is 0.465 e. The number of amides is 1. The Bertz CT molecular complexity index is 324. The molecule has 162 valence electrons. The Hall–Kier alpha value is -0.770. The summed E-state index contributed by atoms with van der Waals surface area (Å²) in [5.74, 6) is 0. The predicted octanol–water partition coefficient (Wildman–Crippen LogP) is 7.14. The molecule has 0 heterocycles. The number of carbonyl (C=O) groups is 1. The maximum absolute atomic E-state index is 11.5. The van der Waals surface area contributed by atoms with E-state index >= 15 is 0 Å². The average molecular weight is 385 g/mol. The van der Waals surface area contributed by atoms with Gasteiger partial charge in [-0.3, -0.25) is 9.80 Å². The van der Waals surface area contributed by atoms with Gasteiger partial charge in [-0.25, -0.2) is 4.79 Å². The van der Waals surface area contributed by atoms with Gasteiger partial charge in [0, 0.05) is 6.54 Å². The lowest BCUT2D eigenvalue weighted by Crippen LogP contribution is -2.40. The van der Waals surface area contributed by atoms with E-state index in [2.05, 4.69) is 18.7 Å². The van der Waals surface area contributed by atoms with Crippen molar-refractivity contribution in [1.29, 1.82) is 0 Å². The van der Waals surface area contributed by atoms with Crippen LogP contribution in [0.4, 0.5) is 4.79 Å². The molecule has 0 aromatic heterocycles. The lowest BCUT2D eigenvalue weighted by molar-refractivity contribution is 0.111. The maximum atomic E-state index is 11.5. The number of hydrogen-bond acceptors (Lipinski definition) is 2. The van der Waals surface area contributed by atoms with Crippen molar-refractivity contribution >= 4 is 6.09 Å². The van der Waals surface area contributed by atoms with E-state index in [4.69, 9.17) is 0 Å². The molecule has 0 atom stereocenters. The molecular formula is C23H48N2O2. The van der Waals surface area contributed by atoms with Gasteiger partial charge < -0.3 is 5.11 Å². The minimum atomic E-state index is -0.777. The third-order valence-electron chi connectivity index (χ3n) is 5.36. The van der Waals surface area contributed by atoms with Crippen LogP contribution in [0.2, 0.25) is 0 Å². The number of unbranched alkanes of at least 4 members (excludes halogenated alkanes) is 14. The number of hydrogen-bond donors (Lipinski definition) is 1. The van der Waals surface area contributed by atoms with Crippen molar-refractivity contribution in [2.75, 3.05) is 26.8 Å². The Morgan fingerprint density at radius 3 is 1.41 bits per heavy atom. The van der Waals surface area contributed by atoms with Crippen LogP contribution in [0.25, 0.3) is 0 Å². The van der Waals surface area contributed by atoms with Gasteiger partial charge in [-0.2, -0.15) is 0 Å². The number of carboxylic acid groups (broad SMARTS) is 1. The van der Waals surface area contributed by atoms with Gasteiger partial charge in [-0.1, -0.05) is 104 Å². The summed E-state index contributed by atoms with van der Waals surface area (Å²) in [6.07, 6.45) is 19.8. The SMILES string of the molecule is CCCCCCCCCCN(C)CN(CCCCCCCCCC)C(=O)O. The number of rotatable bonds is 20. The number of nitrogens with zero attached hydrogens (tertiary/aromatic N) is 2. The fraction of sp³-hybridized carbons (Fsp3) is 0.957. The molecule has 4 heteroatoms. The minimum Gasteiger partial charge on any atom is -0.465 e. The van der Waals surface area contributed by atoms with Crippen LogP contribution >= 0.6 is 0 Å². The molecule has 4 nitrogen and oxygen atoms in total. The summed E-state index contributed by atoms with van der Waals surface area (Å²) < 4.78 is 0. The summed E-state index contributed by atoms with van der Waals surface area (Å²) in [5, 5.41) is 9.43. The molecule has 0 aliphatic heterocycles. The van der Waals surface area contributed by atoms with Crippen molar-refractivity contribution in [3.05, 3.63) is 0 Å². The van der Waals surface area contributed by atoms with E-state index in [0.29, 0.717) is 13.2 Å². The summed E-state index contributed by atoms with van der Waals surface area (Å²) in [4.78, 5) is 15.2. The molecule has 0 saturated carbocycles. The Kier molecular flexibility index (Phi) is 19.4. The van der Waals surface area contributed by atoms with Crippen LogP contribution in [-0.2, 0) is 0 Å². The Morgan fingerprint density at radius 2 is 1.00 bits per heavy atom. The molecule has 0 fully saturated rings. The highest BCUT2D eigenvalue weighted by atomic mass is 16.4. The van der Waals surface area contributed by atoms with Crippen molar-refractivity contribution in [1.82, 2.24) is 9.80 Å². The fourth-order valence-corrected chi connectivity index (χ4v) is 3.54. The van der Waals surface area contributed by atoms with Crippen molar-refractivity contribution in [3.63, 3.8) is 0 Å². The van der Waals surface area contributed by atoms with Gasteiger partial charge in [0.05, 0.1) is 6.67 Å². The summed E-state index contributed by atoms with van der Waals surface area (Å²) in [6.45, 7) is 6.71. The van der Waals surface area contributed by atoms with E-state index in [1.165, 1.54) is 89.9 Å². The van der Waals surface area contributed by atoms with E-state index in [0.717, 1.165) is 19.4 Å². The van der Waals surface area contributed by atoms with Crippen molar-refractivity contribution < 1.29 is 9.90 Å². The van der Waals surface area contributed by atoms with Gasteiger partial charge in [-0.15, -0.1) is 0 Å². The van der Waals surface area contributed by atoms with Crippen molar-refractivity contribution in [2.24, 2.45) is 0 Å². The molecule has 1 N–H and O–H groups in total. The second kappa shape index (κ2) is 20.0. The van der Waals surface area contributed by atoms with E-state index in [1.807, 2.05) is 7.05 Å². The molecule has 0 aliphatic rings. The standard InChI is InChI=1S/C23H48N2O2/c1-4-6-8-10-12-14-16-18-20-24(3)22-25(23(26)27)21-19-17-15-13-11-9-7-5-2/h4-22H2,1-3H3,(H,26,27). The van der Waals surface area contributed by atoms with Gasteiger partial charge in [-0.05, 0) is 26.4 Å². The Morgan fingerprint density at radius 1 is 0.630 bits per heavy atom. The van der Waals surface area contributed by atoms with Crippen LogP contribution in [0.15, 0.2) is 0 Å². The molecule has 27 heavy (non-hydrogen) atoms. The van der Waals surface area contributed by atoms with Crippen LogP contribution in [0.5, 0.6) is 0 Å². The minimum absolute atomic E-state index is 0.544. The smallest absolute Gasteiger partial charge is 0.408 e. The highest BCUT2D eigenvalue weighted by Gasteiger charge is 2.13. The summed E-state index contributed by atoms with van der Waals surface area (Å²) in [7, 11) is 2.05. The second-order valence-electron chi connectivity index (χ2n) is 8.22. The highest BCUT2D eigenvalue weighted by molar-refractivity contribution is 5.64. The first-order valence-corrected chi connectivity index (χ1v) is 11.8. The van der Waals surface area contributed by atoms with Crippen LogP contribution in [0, 0.1) is 0 Å². The highest BCUT2D eigenvalue weighted by Crippen LogP contribution is 2.10. The summed E-state index contributed by atoms with van der Waals surface area (Å²) in [5.41, 5.74) is 0. The molecule has 0 aliphatic carbocycles. The Balaban J connectivity index is 3.66. The summed E-state index contributed by atoms with van der Waals surface area (Å²) >= 11 is 0. The zero-order valence-electron chi connectivity index (χ0n) is 18.7. The van der Waals surface area contributed by atoms with E-state index in [1.54, 1.807) is 4.90 Å². The topological polar surface area (TPSA) is 43.8 Å². The molecule has 0 aromatic rings. The zero-order valence-corrected chi connectivity index (χ0v) is 18.7. The maximum Gasteiger partial charge on any atom is 0.408 e. The lowest BCUT2D eigenvalue weighted by atomic mass is 10.1. The first-order chi connectivity index (χ1) is 13.1. The van der Waals surface area contributed by atoms with Crippen LogP contribution in [0.3, 0.4) is 0 Å². The first-order valence-electron chi connectivity index (χ1n) is 11.8. The molecular weight excluding hydrogens is 336 g/mol. The molecule has 0 spiro atoms. The third-order valence-corrected chi connectivity index (χ3v) is 5.36. The zero-order chi connectivity index (χ0) is 20.2. The van der Waals surface area contributed by atoms with Gasteiger partial charge in [0.1, 0.15) is 0 Å². The molecule has 0 aromatic carbocycles. The molecule has 0 radical (unpaired) electrons. The molecule has 0 saturated heterocycles. The second-order valence-corrected chi connectivity index (χ2v) is 8.22. The van der Waals surface area contributed by atoms with Gasteiger partial charge in [0.25, 0.3) is 0 Å². The van der Waals surface area contributed by atoms with Gasteiger partial charge in [0.15, 0.2) is 0 Å². The van der Waals surface area contributed by atoms with E-state index in [9.17, 15) is 9.90 Å². The quantitative estimate of drug-likeness (QED) is 0.179. The summed E-state index contributed by atoms with van der Waals surface area (Å²) in [6, 6.07) is 0. The van der Waals surface area contributed by atoms with Crippen molar-refractivity contribution in [3.8, 4) is 0 Å². The third kappa shape index (κ3) is 18.4. The van der Waals surface area contributed by atoms with E-state index < -0.39 is 6.09 Å². The van der Waals surface area contributed by atoms with E-state index in [-0.39, 0.29) is 0 Å². The van der Waals surface area contributed by atoms with Crippen LogP contribution < -0.4 is 0 Å². The monoisotopic (exact) mass is 384 g/mol. The molecule has 0 rings (SSSR count). The fourth-order valence-electron chi connectivity index (χ4n) is 3.54. The lowest BCUT2D eigenvalue weighted by Gasteiger charge is -2.25. The van der Waals surface area contributed by atoms with Gasteiger partial charge >= 0.3 is 6.09 Å².